The zero-order valence-corrected chi connectivity index (χ0v) is 8.93. The summed E-state index contributed by atoms with van der Waals surface area (Å²) in [5.74, 6) is -4.07. The molecule has 16 heavy (non-hydrogen) atoms. The molecule has 1 aromatic carbocycles. The third-order valence-corrected chi connectivity index (χ3v) is 2.14. The van der Waals surface area contributed by atoms with E-state index in [0.29, 0.717) is 6.07 Å². The molecule has 0 fully saturated rings. The first-order valence-electron chi connectivity index (χ1n) is 4.60. The molecule has 1 rings (SSSR count). The lowest BCUT2D eigenvalue weighted by atomic mass is 9.53. The third-order valence-electron chi connectivity index (χ3n) is 2.14. The number of benzene rings is 1. The van der Waals surface area contributed by atoms with Crippen LogP contribution in [0.25, 0.3) is 0 Å². The number of ether oxygens (including phenoxy) is 1. The molecule has 0 aromatic heterocycles. The minimum absolute atomic E-state index is 0.428. The highest BCUT2D eigenvalue weighted by atomic mass is 19.2. The van der Waals surface area contributed by atoms with Crippen molar-refractivity contribution in [2.24, 2.45) is 0 Å². The summed E-state index contributed by atoms with van der Waals surface area (Å²) >= 11 is 0. The SMILES string of the molecule is [B]C([B])(C)C(C)Oc1cc(F)cc(F)c1F. The monoisotopic (exact) mass is 224 g/mol. The van der Waals surface area contributed by atoms with Crippen LogP contribution in [0.5, 0.6) is 5.75 Å². The Kier molecular flexibility index (Phi) is 3.61. The van der Waals surface area contributed by atoms with Crippen molar-refractivity contribution in [3.05, 3.63) is 29.6 Å². The molecular weight excluding hydrogens is 215 g/mol. The molecule has 1 aromatic rings. The maximum atomic E-state index is 13.2. The second-order valence-corrected chi connectivity index (χ2v) is 3.83. The zero-order valence-electron chi connectivity index (χ0n) is 8.93. The first kappa shape index (κ1) is 13.0. The quantitative estimate of drug-likeness (QED) is 0.565. The van der Waals surface area contributed by atoms with Gasteiger partial charge in [-0.15, -0.1) is 0 Å². The molecule has 0 amide bonds. The van der Waals surface area contributed by atoms with Crippen LogP contribution in [0.3, 0.4) is 0 Å². The predicted molar refractivity (Wildman–Crippen MR) is 56.3 cm³/mol. The predicted octanol–water partition coefficient (Wildman–Crippen LogP) is 2.34. The molecule has 0 aliphatic carbocycles. The van der Waals surface area contributed by atoms with Gasteiger partial charge < -0.3 is 4.74 Å². The van der Waals surface area contributed by atoms with E-state index in [-0.39, 0.29) is 0 Å². The summed E-state index contributed by atoms with van der Waals surface area (Å²) in [5, 5.41) is -1.24. The highest BCUT2D eigenvalue weighted by Gasteiger charge is 2.23. The van der Waals surface area contributed by atoms with E-state index in [9.17, 15) is 13.2 Å². The van der Waals surface area contributed by atoms with E-state index >= 15 is 0 Å². The van der Waals surface area contributed by atoms with Crippen molar-refractivity contribution in [1.82, 2.24) is 0 Å². The van der Waals surface area contributed by atoms with Crippen LogP contribution in [0.2, 0.25) is 5.21 Å². The van der Waals surface area contributed by atoms with Crippen LogP contribution in [0.15, 0.2) is 12.1 Å². The molecule has 0 aliphatic rings. The zero-order chi connectivity index (χ0) is 12.5. The van der Waals surface area contributed by atoms with Crippen LogP contribution in [-0.4, -0.2) is 21.8 Å². The molecule has 0 aliphatic heterocycles. The summed E-state index contributed by atoms with van der Waals surface area (Å²) in [7, 11) is 11.0. The topological polar surface area (TPSA) is 9.23 Å². The van der Waals surface area contributed by atoms with Crippen molar-refractivity contribution in [1.29, 1.82) is 0 Å². The van der Waals surface area contributed by atoms with Crippen LogP contribution in [0, 0.1) is 17.5 Å². The molecule has 0 N–H and O–H groups in total. The van der Waals surface area contributed by atoms with Crippen LogP contribution < -0.4 is 4.74 Å². The Morgan fingerprint density at radius 1 is 1.25 bits per heavy atom. The summed E-state index contributed by atoms with van der Waals surface area (Å²) in [6, 6.07) is 1.16. The molecule has 4 radical (unpaired) electrons. The number of hydrogen-bond donors (Lipinski definition) is 0. The number of hydrogen-bond acceptors (Lipinski definition) is 1. The largest absolute Gasteiger partial charge is 0.488 e. The van der Waals surface area contributed by atoms with Gasteiger partial charge in [-0.2, -0.15) is 4.39 Å². The summed E-state index contributed by atoms with van der Waals surface area (Å²) in [5.41, 5.74) is 0. The smallest absolute Gasteiger partial charge is 0.200 e. The first-order chi connectivity index (χ1) is 7.21. The molecule has 0 spiro atoms. The van der Waals surface area contributed by atoms with Gasteiger partial charge in [0.05, 0.1) is 21.8 Å². The fraction of sp³-hybridized carbons (Fsp3) is 0.400. The normalized spacial score (nSPS) is 13.6. The standard InChI is InChI=1S/C10H9B2F3O/c1-5(10(2,11)12)16-8-4-6(13)3-7(14)9(8)15/h3-5H,1-2H3. The van der Waals surface area contributed by atoms with Gasteiger partial charge >= 0.3 is 0 Å². The average Bonchev–Trinajstić information content (AvgIpc) is 2.11. The second-order valence-electron chi connectivity index (χ2n) is 3.83. The van der Waals surface area contributed by atoms with E-state index < -0.39 is 34.5 Å². The van der Waals surface area contributed by atoms with Gasteiger partial charge in [-0.3, -0.25) is 0 Å². The minimum Gasteiger partial charge on any atom is -0.488 e. The Morgan fingerprint density at radius 2 is 1.81 bits per heavy atom. The van der Waals surface area contributed by atoms with E-state index in [4.69, 9.17) is 20.4 Å². The van der Waals surface area contributed by atoms with E-state index in [0.717, 1.165) is 6.07 Å². The van der Waals surface area contributed by atoms with Crippen molar-refractivity contribution in [2.75, 3.05) is 0 Å². The number of rotatable bonds is 3. The minimum atomic E-state index is -1.32. The van der Waals surface area contributed by atoms with E-state index in [2.05, 4.69) is 0 Å². The van der Waals surface area contributed by atoms with Crippen molar-refractivity contribution < 1.29 is 17.9 Å². The first-order valence-corrected chi connectivity index (χ1v) is 4.60. The van der Waals surface area contributed by atoms with Gasteiger partial charge in [-0.1, -0.05) is 12.1 Å². The number of halogens is 3. The Bertz CT molecular complexity index is 390. The van der Waals surface area contributed by atoms with Crippen molar-refractivity contribution >= 4 is 15.7 Å². The Morgan fingerprint density at radius 3 is 2.31 bits per heavy atom. The van der Waals surface area contributed by atoms with Crippen LogP contribution in [-0.2, 0) is 0 Å². The molecule has 0 saturated carbocycles. The van der Waals surface area contributed by atoms with Gasteiger partial charge in [-0.05, 0) is 6.92 Å². The molecule has 82 valence electrons. The summed E-state index contributed by atoms with van der Waals surface area (Å²) in [6.45, 7) is 2.92. The highest BCUT2D eigenvalue weighted by molar-refractivity contribution is 6.39. The molecule has 1 unspecified atom stereocenters. The molecule has 0 heterocycles. The lowest BCUT2D eigenvalue weighted by Crippen LogP contribution is -2.29. The molecule has 1 atom stereocenters. The van der Waals surface area contributed by atoms with Gasteiger partial charge in [0.15, 0.2) is 11.6 Å². The Balaban J connectivity index is 2.98. The van der Waals surface area contributed by atoms with Gasteiger partial charge in [-0.25, -0.2) is 8.78 Å². The molecule has 6 heteroatoms. The molecule has 0 saturated heterocycles. The average molecular weight is 224 g/mol. The fourth-order valence-corrected chi connectivity index (χ4v) is 0.936. The maximum absolute atomic E-state index is 13.2. The highest BCUT2D eigenvalue weighted by Crippen LogP contribution is 2.28. The molecular formula is C10H9B2F3O. The van der Waals surface area contributed by atoms with Gasteiger partial charge in [0.1, 0.15) is 5.82 Å². The lowest BCUT2D eigenvalue weighted by Gasteiger charge is -2.29. The fourth-order valence-electron chi connectivity index (χ4n) is 0.936. The van der Waals surface area contributed by atoms with Gasteiger partial charge in [0.25, 0.3) is 0 Å². The third kappa shape index (κ3) is 2.97. The van der Waals surface area contributed by atoms with Crippen LogP contribution in [0.4, 0.5) is 13.2 Å². The Hall–Kier alpha value is -1.06. The van der Waals surface area contributed by atoms with Crippen molar-refractivity contribution in [3.63, 3.8) is 0 Å². The van der Waals surface area contributed by atoms with Crippen LogP contribution >= 0.6 is 0 Å². The molecule has 0 bridgehead atoms. The van der Waals surface area contributed by atoms with E-state index in [1.807, 2.05) is 0 Å². The summed E-state index contributed by atoms with van der Waals surface area (Å²) < 4.78 is 43.8. The maximum Gasteiger partial charge on any atom is 0.200 e. The van der Waals surface area contributed by atoms with E-state index in [1.54, 1.807) is 0 Å². The lowest BCUT2D eigenvalue weighted by molar-refractivity contribution is 0.192. The van der Waals surface area contributed by atoms with E-state index in [1.165, 1.54) is 13.8 Å². The van der Waals surface area contributed by atoms with Crippen molar-refractivity contribution in [3.8, 4) is 5.75 Å². The molecule has 1 nitrogen and oxygen atoms in total. The van der Waals surface area contributed by atoms with Crippen molar-refractivity contribution in [2.45, 2.75) is 25.2 Å². The Labute approximate surface area is 94.8 Å². The van der Waals surface area contributed by atoms with Gasteiger partial charge in [0.2, 0.25) is 5.82 Å². The second kappa shape index (κ2) is 4.44. The summed E-state index contributed by atoms with van der Waals surface area (Å²) in [6.07, 6.45) is -0.803. The van der Waals surface area contributed by atoms with Crippen LogP contribution in [0.1, 0.15) is 13.8 Å². The van der Waals surface area contributed by atoms with Gasteiger partial charge in [0, 0.05) is 12.1 Å². The summed E-state index contributed by atoms with van der Waals surface area (Å²) in [4.78, 5) is 0.